The lowest BCUT2D eigenvalue weighted by Crippen LogP contribution is -2.34. The smallest absolute Gasteiger partial charge is 0.246 e. The summed E-state index contributed by atoms with van der Waals surface area (Å²) < 4.78 is 10.4. The molecule has 0 radical (unpaired) electrons. The van der Waals surface area contributed by atoms with Crippen LogP contribution in [0.2, 0.25) is 0 Å². The van der Waals surface area contributed by atoms with Crippen molar-refractivity contribution in [3.05, 3.63) is 29.8 Å². The largest absolute Gasteiger partial charge is 0.497 e. The van der Waals surface area contributed by atoms with Gasteiger partial charge in [-0.05, 0) is 24.3 Å². The molecule has 21 heavy (non-hydrogen) atoms. The van der Waals surface area contributed by atoms with E-state index >= 15 is 0 Å². The second kappa shape index (κ2) is 8.99. The zero-order chi connectivity index (χ0) is 15.7. The van der Waals surface area contributed by atoms with Crippen LogP contribution < -0.4 is 9.47 Å². The minimum atomic E-state index is -0.289. The molecule has 116 valence electrons. The number of aliphatic hydroxyl groups is 2. The summed E-state index contributed by atoms with van der Waals surface area (Å²) in [6, 6.07) is 5.27. The summed E-state index contributed by atoms with van der Waals surface area (Å²) >= 11 is 0. The summed E-state index contributed by atoms with van der Waals surface area (Å²) in [6.45, 7) is 0.0576. The molecule has 0 aliphatic heterocycles. The van der Waals surface area contributed by atoms with Gasteiger partial charge in [-0.1, -0.05) is 0 Å². The number of rotatable bonds is 8. The molecule has 0 atom stereocenters. The highest BCUT2D eigenvalue weighted by atomic mass is 16.5. The average molecular weight is 295 g/mol. The van der Waals surface area contributed by atoms with Gasteiger partial charge < -0.3 is 24.6 Å². The predicted molar refractivity (Wildman–Crippen MR) is 79.3 cm³/mol. The van der Waals surface area contributed by atoms with Crippen molar-refractivity contribution in [1.82, 2.24) is 4.90 Å². The number of amides is 1. The molecule has 0 aliphatic carbocycles. The average Bonchev–Trinajstić information content (AvgIpc) is 2.52. The molecule has 6 nitrogen and oxygen atoms in total. The molecule has 1 aromatic carbocycles. The SMILES string of the molecule is COc1ccc(OC)c(/C=C/C(=O)N(CCO)CCO)c1. The number of nitrogens with zero attached hydrogens (tertiary/aromatic N) is 1. The second-order valence-corrected chi connectivity index (χ2v) is 4.21. The van der Waals surface area contributed by atoms with E-state index in [0.29, 0.717) is 17.1 Å². The Kier molecular flexibility index (Phi) is 7.28. The van der Waals surface area contributed by atoms with Crippen LogP contribution in [0, 0.1) is 0 Å². The zero-order valence-electron chi connectivity index (χ0n) is 12.3. The topological polar surface area (TPSA) is 79.2 Å². The lowest BCUT2D eigenvalue weighted by atomic mass is 10.1. The highest BCUT2D eigenvalue weighted by Gasteiger charge is 2.09. The lowest BCUT2D eigenvalue weighted by molar-refractivity contribution is -0.126. The van der Waals surface area contributed by atoms with E-state index in [1.165, 1.54) is 11.0 Å². The van der Waals surface area contributed by atoms with Crippen molar-refractivity contribution in [1.29, 1.82) is 0 Å². The quantitative estimate of drug-likeness (QED) is 0.684. The van der Waals surface area contributed by atoms with Crippen LogP contribution >= 0.6 is 0 Å². The molecule has 1 rings (SSSR count). The van der Waals surface area contributed by atoms with Gasteiger partial charge >= 0.3 is 0 Å². The Bertz CT molecular complexity index is 481. The first-order valence-electron chi connectivity index (χ1n) is 6.57. The Morgan fingerprint density at radius 3 is 2.38 bits per heavy atom. The fourth-order valence-electron chi connectivity index (χ4n) is 1.81. The van der Waals surface area contributed by atoms with Gasteiger partial charge in [0, 0.05) is 24.7 Å². The summed E-state index contributed by atoms with van der Waals surface area (Å²) in [7, 11) is 3.11. The molecule has 1 aromatic rings. The predicted octanol–water partition coefficient (Wildman–Crippen LogP) is 0.530. The van der Waals surface area contributed by atoms with E-state index in [-0.39, 0.29) is 32.2 Å². The van der Waals surface area contributed by atoms with Crippen molar-refractivity contribution >= 4 is 12.0 Å². The first-order valence-corrected chi connectivity index (χ1v) is 6.57. The molecule has 0 spiro atoms. The zero-order valence-corrected chi connectivity index (χ0v) is 12.3. The maximum absolute atomic E-state index is 12.0. The summed E-state index contributed by atoms with van der Waals surface area (Å²) in [6.07, 6.45) is 2.99. The van der Waals surface area contributed by atoms with Crippen LogP contribution in [-0.2, 0) is 4.79 Å². The van der Waals surface area contributed by atoms with Crippen molar-refractivity contribution in [2.75, 3.05) is 40.5 Å². The first-order chi connectivity index (χ1) is 10.2. The molecule has 0 heterocycles. The Hall–Kier alpha value is -2.05. The van der Waals surface area contributed by atoms with Crippen LogP contribution in [-0.4, -0.2) is 61.5 Å². The number of aliphatic hydroxyl groups excluding tert-OH is 2. The van der Waals surface area contributed by atoms with E-state index < -0.39 is 0 Å². The van der Waals surface area contributed by atoms with E-state index in [1.807, 2.05) is 0 Å². The van der Waals surface area contributed by atoms with E-state index in [9.17, 15) is 4.79 Å². The van der Waals surface area contributed by atoms with Crippen molar-refractivity contribution in [2.24, 2.45) is 0 Å². The number of carbonyl (C=O) groups excluding carboxylic acids is 1. The van der Waals surface area contributed by atoms with Gasteiger partial charge in [0.15, 0.2) is 0 Å². The normalized spacial score (nSPS) is 10.7. The van der Waals surface area contributed by atoms with Gasteiger partial charge in [0.05, 0.1) is 27.4 Å². The fraction of sp³-hybridized carbons (Fsp3) is 0.400. The van der Waals surface area contributed by atoms with Gasteiger partial charge in [-0.3, -0.25) is 4.79 Å². The molecule has 0 unspecified atom stereocenters. The highest BCUT2D eigenvalue weighted by Crippen LogP contribution is 2.25. The number of hydrogen-bond donors (Lipinski definition) is 2. The van der Waals surface area contributed by atoms with Crippen LogP contribution in [0.25, 0.3) is 6.08 Å². The van der Waals surface area contributed by atoms with E-state index in [1.54, 1.807) is 38.5 Å². The monoisotopic (exact) mass is 295 g/mol. The third-order valence-electron chi connectivity index (χ3n) is 2.89. The molecule has 1 amide bonds. The summed E-state index contributed by atoms with van der Waals surface area (Å²) in [4.78, 5) is 13.4. The molecular formula is C15H21NO5. The third kappa shape index (κ3) is 5.09. The van der Waals surface area contributed by atoms with Crippen LogP contribution in [0.1, 0.15) is 5.56 Å². The fourth-order valence-corrected chi connectivity index (χ4v) is 1.81. The standard InChI is InChI=1S/C15H21NO5/c1-20-13-4-5-14(21-2)12(11-13)3-6-15(19)16(7-9-17)8-10-18/h3-6,11,17-18H,7-10H2,1-2H3/b6-3+. The van der Waals surface area contributed by atoms with Crippen LogP contribution in [0.5, 0.6) is 11.5 Å². The van der Waals surface area contributed by atoms with Crippen LogP contribution in [0.4, 0.5) is 0 Å². The number of ether oxygens (including phenoxy) is 2. The minimum Gasteiger partial charge on any atom is -0.497 e. The lowest BCUT2D eigenvalue weighted by Gasteiger charge is -2.18. The van der Waals surface area contributed by atoms with Gasteiger partial charge in [-0.15, -0.1) is 0 Å². The van der Waals surface area contributed by atoms with Gasteiger partial charge in [0.1, 0.15) is 11.5 Å². The molecule has 0 aromatic heterocycles. The number of hydrogen-bond acceptors (Lipinski definition) is 5. The van der Waals surface area contributed by atoms with Gasteiger partial charge in [-0.2, -0.15) is 0 Å². The summed E-state index contributed by atoms with van der Waals surface area (Å²) in [5, 5.41) is 17.8. The third-order valence-corrected chi connectivity index (χ3v) is 2.89. The van der Waals surface area contributed by atoms with Gasteiger partial charge in [0.2, 0.25) is 5.91 Å². The van der Waals surface area contributed by atoms with Crippen LogP contribution in [0.15, 0.2) is 24.3 Å². The van der Waals surface area contributed by atoms with Crippen molar-refractivity contribution in [2.45, 2.75) is 0 Å². The molecule has 0 saturated heterocycles. The van der Waals surface area contributed by atoms with Gasteiger partial charge in [0.25, 0.3) is 0 Å². The minimum absolute atomic E-state index is 0.151. The van der Waals surface area contributed by atoms with E-state index in [2.05, 4.69) is 0 Å². The molecule has 6 heteroatoms. The Morgan fingerprint density at radius 2 is 1.86 bits per heavy atom. The molecule has 0 bridgehead atoms. The molecular weight excluding hydrogens is 274 g/mol. The highest BCUT2D eigenvalue weighted by molar-refractivity contribution is 5.92. The van der Waals surface area contributed by atoms with Crippen LogP contribution in [0.3, 0.4) is 0 Å². The number of methoxy groups -OCH3 is 2. The van der Waals surface area contributed by atoms with E-state index in [4.69, 9.17) is 19.7 Å². The number of benzene rings is 1. The number of carbonyl (C=O) groups is 1. The molecule has 0 saturated carbocycles. The van der Waals surface area contributed by atoms with Crippen molar-refractivity contribution in [3.8, 4) is 11.5 Å². The molecule has 0 aliphatic rings. The summed E-state index contributed by atoms with van der Waals surface area (Å²) in [5.41, 5.74) is 0.707. The first kappa shape index (κ1) is 17.0. The maximum atomic E-state index is 12.0. The van der Waals surface area contributed by atoms with Crippen molar-refractivity contribution < 1.29 is 24.5 Å². The molecule has 2 N–H and O–H groups in total. The Morgan fingerprint density at radius 1 is 1.19 bits per heavy atom. The Balaban J connectivity index is 2.89. The van der Waals surface area contributed by atoms with Crippen molar-refractivity contribution in [3.63, 3.8) is 0 Å². The maximum Gasteiger partial charge on any atom is 0.246 e. The van der Waals surface area contributed by atoms with Gasteiger partial charge in [-0.25, -0.2) is 0 Å². The Labute approximate surface area is 124 Å². The summed E-state index contributed by atoms with van der Waals surface area (Å²) in [5.74, 6) is 0.990. The van der Waals surface area contributed by atoms with E-state index in [0.717, 1.165) is 0 Å². The molecule has 0 fully saturated rings. The second-order valence-electron chi connectivity index (χ2n) is 4.21.